The number of hydrogen-bond acceptors (Lipinski definition) is 2. The predicted molar refractivity (Wildman–Crippen MR) is 63.5 cm³/mol. The third kappa shape index (κ3) is 3.01. The molecule has 1 aromatic rings. The van der Waals surface area contributed by atoms with E-state index in [1.54, 1.807) is 19.1 Å². The zero-order chi connectivity index (χ0) is 11.6. The molecule has 0 heterocycles. The molecule has 3 N–H and O–H groups in total. The fourth-order valence-corrected chi connectivity index (χ4v) is 1.50. The molecule has 1 aromatic carbocycles. The fraction of sp³-hybridized carbons (Fsp3) is 0.300. The molecule has 0 fully saturated rings. The molecule has 0 aliphatic carbocycles. The Balaban J connectivity index is 2.95. The second-order valence-corrected chi connectivity index (χ2v) is 4.16. The standard InChI is InChI=1S/C10H12Cl2N2O/c1-5-3-8(12)9(4-7(5)11)14-6(2)10(13)15/h3-4,6,14H,1-2H3,(H2,13,15). The van der Waals surface area contributed by atoms with Crippen LogP contribution in [0.2, 0.25) is 10.0 Å². The molecule has 5 heteroatoms. The summed E-state index contributed by atoms with van der Waals surface area (Å²) in [6, 6.07) is 2.93. The third-order valence-electron chi connectivity index (χ3n) is 2.05. The van der Waals surface area contributed by atoms with Crippen LogP contribution >= 0.6 is 23.2 Å². The molecule has 82 valence electrons. The van der Waals surface area contributed by atoms with E-state index in [9.17, 15) is 4.79 Å². The molecule has 0 bridgehead atoms. The summed E-state index contributed by atoms with van der Waals surface area (Å²) in [4.78, 5) is 10.9. The summed E-state index contributed by atoms with van der Waals surface area (Å²) in [5.74, 6) is -0.442. The lowest BCUT2D eigenvalue weighted by atomic mass is 10.2. The Hall–Kier alpha value is -0.930. The van der Waals surface area contributed by atoms with Gasteiger partial charge in [-0.2, -0.15) is 0 Å². The van der Waals surface area contributed by atoms with Gasteiger partial charge in [0.15, 0.2) is 0 Å². The lowest BCUT2D eigenvalue weighted by Crippen LogP contribution is -2.32. The molecule has 0 saturated carbocycles. The highest BCUT2D eigenvalue weighted by Gasteiger charge is 2.11. The highest BCUT2D eigenvalue weighted by molar-refractivity contribution is 6.35. The van der Waals surface area contributed by atoms with Gasteiger partial charge < -0.3 is 11.1 Å². The van der Waals surface area contributed by atoms with Gasteiger partial charge in [0.2, 0.25) is 5.91 Å². The number of benzene rings is 1. The number of primary amides is 1. The van der Waals surface area contributed by atoms with E-state index >= 15 is 0 Å². The Labute approximate surface area is 98.5 Å². The number of halogens is 2. The second-order valence-electron chi connectivity index (χ2n) is 3.35. The number of amides is 1. The number of nitrogens with two attached hydrogens (primary N) is 1. The van der Waals surface area contributed by atoms with Crippen LogP contribution in [-0.2, 0) is 4.79 Å². The van der Waals surface area contributed by atoms with E-state index in [-0.39, 0.29) is 0 Å². The molecule has 0 aliphatic heterocycles. The van der Waals surface area contributed by atoms with Crippen molar-refractivity contribution in [3.8, 4) is 0 Å². The number of carbonyl (C=O) groups excluding carboxylic acids is 1. The topological polar surface area (TPSA) is 55.1 Å². The van der Waals surface area contributed by atoms with Crippen LogP contribution in [0.25, 0.3) is 0 Å². The summed E-state index contributed by atoms with van der Waals surface area (Å²) < 4.78 is 0. The van der Waals surface area contributed by atoms with Crippen LogP contribution in [0, 0.1) is 6.92 Å². The highest BCUT2D eigenvalue weighted by Crippen LogP contribution is 2.29. The Morgan fingerprint density at radius 1 is 1.40 bits per heavy atom. The number of carbonyl (C=O) groups is 1. The molecule has 1 amide bonds. The Bertz CT molecular complexity index is 393. The van der Waals surface area contributed by atoms with E-state index in [1.165, 1.54) is 0 Å². The number of hydrogen-bond donors (Lipinski definition) is 2. The zero-order valence-corrected chi connectivity index (χ0v) is 9.99. The van der Waals surface area contributed by atoms with Gasteiger partial charge in [-0.05, 0) is 31.5 Å². The van der Waals surface area contributed by atoms with Crippen LogP contribution in [0.5, 0.6) is 0 Å². The molecule has 15 heavy (non-hydrogen) atoms. The first-order valence-electron chi connectivity index (χ1n) is 4.43. The molecule has 0 aromatic heterocycles. The summed E-state index contributed by atoms with van der Waals surface area (Å²) >= 11 is 11.9. The van der Waals surface area contributed by atoms with E-state index in [2.05, 4.69) is 5.32 Å². The smallest absolute Gasteiger partial charge is 0.239 e. The monoisotopic (exact) mass is 246 g/mol. The molecule has 0 aliphatic rings. The van der Waals surface area contributed by atoms with E-state index < -0.39 is 11.9 Å². The number of rotatable bonds is 3. The van der Waals surface area contributed by atoms with Gasteiger partial charge in [-0.1, -0.05) is 23.2 Å². The summed E-state index contributed by atoms with van der Waals surface area (Å²) in [5.41, 5.74) is 6.62. The van der Waals surface area contributed by atoms with Gasteiger partial charge in [0, 0.05) is 5.02 Å². The maximum Gasteiger partial charge on any atom is 0.239 e. The van der Waals surface area contributed by atoms with Gasteiger partial charge in [0.05, 0.1) is 10.7 Å². The maximum absolute atomic E-state index is 10.9. The van der Waals surface area contributed by atoms with Crippen molar-refractivity contribution >= 4 is 34.8 Å². The summed E-state index contributed by atoms with van der Waals surface area (Å²) in [6.45, 7) is 3.52. The van der Waals surface area contributed by atoms with E-state index in [1.807, 2.05) is 6.92 Å². The van der Waals surface area contributed by atoms with Crippen molar-refractivity contribution in [2.75, 3.05) is 5.32 Å². The average Bonchev–Trinajstić information content (AvgIpc) is 2.13. The SMILES string of the molecule is Cc1cc(Cl)c(NC(C)C(N)=O)cc1Cl. The normalized spacial score (nSPS) is 12.3. The average molecular weight is 247 g/mol. The second kappa shape index (κ2) is 4.73. The summed E-state index contributed by atoms with van der Waals surface area (Å²) in [5, 5.41) is 4.00. The van der Waals surface area contributed by atoms with E-state index in [0.717, 1.165) is 5.56 Å². The molecule has 1 unspecified atom stereocenters. The Kier molecular flexibility index (Phi) is 3.83. The highest BCUT2D eigenvalue weighted by atomic mass is 35.5. The van der Waals surface area contributed by atoms with Crippen molar-refractivity contribution in [3.05, 3.63) is 27.7 Å². The molecule has 0 spiro atoms. The van der Waals surface area contributed by atoms with Gasteiger partial charge in [-0.15, -0.1) is 0 Å². The van der Waals surface area contributed by atoms with Gasteiger partial charge >= 0.3 is 0 Å². The first-order valence-corrected chi connectivity index (χ1v) is 5.19. The lowest BCUT2D eigenvalue weighted by Gasteiger charge is -2.14. The minimum absolute atomic E-state index is 0.442. The van der Waals surface area contributed by atoms with Crippen LogP contribution in [0.4, 0.5) is 5.69 Å². The number of aryl methyl sites for hydroxylation is 1. The molecular weight excluding hydrogens is 235 g/mol. The molecule has 1 rings (SSSR count). The van der Waals surface area contributed by atoms with Crippen molar-refractivity contribution in [3.63, 3.8) is 0 Å². The van der Waals surface area contributed by atoms with Crippen LogP contribution in [0.3, 0.4) is 0 Å². The summed E-state index contributed by atoms with van der Waals surface area (Å²) in [7, 11) is 0. The van der Waals surface area contributed by atoms with Crippen molar-refractivity contribution in [1.29, 1.82) is 0 Å². The van der Waals surface area contributed by atoms with Crippen molar-refractivity contribution in [1.82, 2.24) is 0 Å². The lowest BCUT2D eigenvalue weighted by molar-refractivity contribution is -0.118. The Morgan fingerprint density at radius 3 is 2.53 bits per heavy atom. The predicted octanol–water partition coefficient (Wildman–Crippen LogP) is 2.59. The van der Waals surface area contributed by atoms with Gasteiger partial charge in [0.25, 0.3) is 0 Å². The quantitative estimate of drug-likeness (QED) is 0.862. The number of nitrogens with one attached hydrogen (secondary N) is 1. The van der Waals surface area contributed by atoms with Gasteiger partial charge in [-0.3, -0.25) is 4.79 Å². The molecule has 0 saturated heterocycles. The minimum Gasteiger partial charge on any atom is -0.373 e. The van der Waals surface area contributed by atoms with Crippen LogP contribution in [0.1, 0.15) is 12.5 Å². The fourth-order valence-electron chi connectivity index (χ4n) is 1.06. The van der Waals surface area contributed by atoms with E-state index in [0.29, 0.717) is 15.7 Å². The Morgan fingerprint density at radius 2 is 2.00 bits per heavy atom. The van der Waals surface area contributed by atoms with Crippen molar-refractivity contribution < 1.29 is 4.79 Å². The largest absolute Gasteiger partial charge is 0.373 e. The van der Waals surface area contributed by atoms with Crippen molar-refractivity contribution in [2.24, 2.45) is 5.73 Å². The molecule has 3 nitrogen and oxygen atoms in total. The van der Waals surface area contributed by atoms with Crippen LogP contribution in [-0.4, -0.2) is 11.9 Å². The minimum atomic E-state index is -0.485. The molecular formula is C10H12Cl2N2O. The zero-order valence-electron chi connectivity index (χ0n) is 8.47. The van der Waals surface area contributed by atoms with E-state index in [4.69, 9.17) is 28.9 Å². The first-order chi connectivity index (χ1) is 6.91. The van der Waals surface area contributed by atoms with Crippen LogP contribution < -0.4 is 11.1 Å². The van der Waals surface area contributed by atoms with Gasteiger partial charge in [-0.25, -0.2) is 0 Å². The molecule has 0 radical (unpaired) electrons. The van der Waals surface area contributed by atoms with Crippen molar-refractivity contribution in [2.45, 2.75) is 19.9 Å². The maximum atomic E-state index is 10.9. The van der Waals surface area contributed by atoms with Gasteiger partial charge in [0.1, 0.15) is 6.04 Å². The molecule has 1 atom stereocenters. The number of anilines is 1. The first kappa shape index (κ1) is 12.1. The third-order valence-corrected chi connectivity index (χ3v) is 2.77. The van der Waals surface area contributed by atoms with Crippen LogP contribution in [0.15, 0.2) is 12.1 Å². The summed E-state index contributed by atoms with van der Waals surface area (Å²) in [6.07, 6.45) is 0.